The van der Waals surface area contributed by atoms with E-state index in [1.807, 2.05) is 38.1 Å². The van der Waals surface area contributed by atoms with E-state index in [-0.39, 0.29) is 23.3 Å². The van der Waals surface area contributed by atoms with Crippen molar-refractivity contribution in [3.8, 4) is 0 Å². The highest BCUT2D eigenvalue weighted by atomic mass is 16.6. The lowest BCUT2D eigenvalue weighted by Crippen LogP contribution is -2.32. The highest BCUT2D eigenvalue weighted by molar-refractivity contribution is 6.09. The molecule has 2 atom stereocenters. The first kappa shape index (κ1) is 23.7. The molecule has 0 N–H and O–H groups in total. The van der Waals surface area contributed by atoms with Crippen LogP contribution >= 0.6 is 0 Å². The van der Waals surface area contributed by atoms with Crippen LogP contribution in [0.25, 0.3) is 6.08 Å². The number of hydrogen-bond donors (Lipinski definition) is 0. The monoisotopic (exact) mass is 483 g/mol. The molecule has 184 valence electrons. The van der Waals surface area contributed by atoms with Crippen molar-refractivity contribution >= 4 is 23.4 Å². The number of allylic oxidation sites excluding steroid dienone is 1. The topological polar surface area (TPSA) is 93.6 Å². The van der Waals surface area contributed by atoms with Gasteiger partial charge in [0.1, 0.15) is 6.20 Å². The van der Waals surface area contributed by atoms with Gasteiger partial charge in [0.05, 0.1) is 16.7 Å². The first-order valence-electron chi connectivity index (χ1n) is 12.3. The van der Waals surface area contributed by atoms with Crippen molar-refractivity contribution in [3.63, 3.8) is 0 Å². The number of nitrogens with zero attached hydrogens (tertiary/aromatic N) is 5. The van der Waals surface area contributed by atoms with Gasteiger partial charge in [-0.15, -0.1) is 0 Å². The maximum atomic E-state index is 13.8. The van der Waals surface area contributed by atoms with E-state index < -0.39 is 10.8 Å². The SMILES string of the molecule is CCn1cc([N+](=O)[O-])c(C(=O)N2N=C3/C(=C\c4ccc(C)cc4)CCC[C@@H]3[C@@H]2c2ccc(C)cc2)n1. The molecule has 1 fully saturated rings. The number of nitro groups is 1. The Morgan fingerprint density at radius 1 is 1.11 bits per heavy atom. The van der Waals surface area contributed by atoms with E-state index in [0.29, 0.717) is 6.54 Å². The number of aromatic nitrogens is 2. The summed E-state index contributed by atoms with van der Waals surface area (Å²) in [6, 6.07) is 16.1. The molecule has 36 heavy (non-hydrogen) atoms. The van der Waals surface area contributed by atoms with Gasteiger partial charge in [0.15, 0.2) is 0 Å². The van der Waals surface area contributed by atoms with Crippen LogP contribution in [0.4, 0.5) is 5.69 Å². The lowest BCUT2D eigenvalue weighted by molar-refractivity contribution is -0.385. The van der Waals surface area contributed by atoms with E-state index in [1.54, 1.807) is 0 Å². The Labute approximate surface area is 210 Å². The van der Waals surface area contributed by atoms with Gasteiger partial charge in [0.2, 0.25) is 5.69 Å². The second-order valence-electron chi connectivity index (χ2n) is 9.55. The summed E-state index contributed by atoms with van der Waals surface area (Å²) in [4.78, 5) is 25.0. The number of rotatable bonds is 5. The molecule has 1 aliphatic heterocycles. The fourth-order valence-corrected chi connectivity index (χ4v) is 5.10. The molecule has 0 spiro atoms. The summed E-state index contributed by atoms with van der Waals surface area (Å²) in [6.07, 6.45) is 6.21. The fourth-order valence-electron chi connectivity index (χ4n) is 5.10. The molecule has 0 bridgehead atoms. The van der Waals surface area contributed by atoms with E-state index in [1.165, 1.54) is 21.5 Å². The van der Waals surface area contributed by atoms with Gasteiger partial charge in [-0.2, -0.15) is 10.2 Å². The van der Waals surface area contributed by atoms with E-state index in [4.69, 9.17) is 5.10 Å². The molecule has 5 rings (SSSR count). The molecular formula is C28H29N5O3. The Hall–Kier alpha value is -4.07. The molecule has 1 saturated carbocycles. The van der Waals surface area contributed by atoms with Crippen LogP contribution in [0, 0.1) is 29.9 Å². The number of aryl methyl sites for hydroxylation is 3. The van der Waals surface area contributed by atoms with Crippen LogP contribution in [0.15, 0.2) is 65.4 Å². The lowest BCUT2D eigenvalue weighted by Gasteiger charge is -2.29. The Morgan fingerprint density at radius 3 is 2.42 bits per heavy atom. The second kappa shape index (κ2) is 9.53. The molecule has 0 unspecified atom stereocenters. The summed E-state index contributed by atoms with van der Waals surface area (Å²) in [5.41, 5.74) is 5.90. The molecule has 2 heterocycles. The van der Waals surface area contributed by atoms with E-state index in [2.05, 4.69) is 42.4 Å². The first-order valence-corrected chi connectivity index (χ1v) is 12.3. The summed E-state index contributed by atoms with van der Waals surface area (Å²) in [5.74, 6) is -0.537. The third-order valence-electron chi connectivity index (χ3n) is 7.01. The Bertz CT molecular complexity index is 1370. The lowest BCUT2D eigenvalue weighted by atomic mass is 9.77. The average Bonchev–Trinajstić information content (AvgIpc) is 3.49. The highest BCUT2D eigenvalue weighted by Crippen LogP contribution is 2.45. The Kier molecular flexibility index (Phi) is 6.26. The number of carbonyl (C=O) groups excluding carboxylic acids is 1. The largest absolute Gasteiger partial charge is 0.320 e. The van der Waals surface area contributed by atoms with Gasteiger partial charge >= 0.3 is 11.6 Å². The van der Waals surface area contributed by atoms with Crippen molar-refractivity contribution in [3.05, 3.63) is 98.4 Å². The number of fused-ring (bicyclic) bond motifs is 1. The maximum Gasteiger partial charge on any atom is 0.320 e. The number of carbonyl (C=O) groups is 1. The molecule has 1 amide bonds. The highest BCUT2D eigenvalue weighted by Gasteiger charge is 2.45. The minimum atomic E-state index is -0.549. The van der Waals surface area contributed by atoms with Crippen LogP contribution in [-0.2, 0) is 6.54 Å². The molecule has 8 nitrogen and oxygen atoms in total. The second-order valence-corrected chi connectivity index (χ2v) is 9.55. The van der Waals surface area contributed by atoms with Crippen LogP contribution in [0.1, 0.15) is 65.0 Å². The van der Waals surface area contributed by atoms with Crippen molar-refractivity contribution in [1.82, 2.24) is 14.8 Å². The molecule has 8 heteroatoms. The predicted octanol–water partition coefficient (Wildman–Crippen LogP) is 5.86. The maximum absolute atomic E-state index is 13.8. The quantitative estimate of drug-likeness (QED) is 0.335. The van der Waals surface area contributed by atoms with E-state index in [0.717, 1.165) is 47.2 Å². The standard InChI is InChI=1S/C28H29N5O3/c1-4-31-17-24(33(35)36)26(29-31)28(34)32-27(21-14-10-19(3)11-15-21)23-7-5-6-22(25(23)30-32)16-20-12-8-18(2)9-13-20/h8-17,23,27H,4-7H2,1-3H3/b22-16-/t23-,27-/m0/s1. The summed E-state index contributed by atoms with van der Waals surface area (Å²) in [5, 5.41) is 22.3. The molecular weight excluding hydrogens is 454 g/mol. The van der Waals surface area contributed by atoms with Gasteiger partial charge in [-0.3, -0.25) is 19.6 Å². The average molecular weight is 484 g/mol. The Balaban J connectivity index is 1.60. The van der Waals surface area contributed by atoms with Gasteiger partial charge in [0.25, 0.3) is 0 Å². The van der Waals surface area contributed by atoms with Gasteiger partial charge in [-0.1, -0.05) is 59.7 Å². The van der Waals surface area contributed by atoms with Crippen molar-refractivity contribution in [1.29, 1.82) is 0 Å². The van der Waals surface area contributed by atoms with Gasteiger partial charge < -0.3 is 0 Å². The summed E-state index contributed by atoms with van der Waals surface area (Å²) < 4.78 is 1.42. The van der Waals surface area contributed by atoms with Crippen molar-refractivity contribution in [2.75, 3.05) is 0 Å². The summed E-state index contributed by atoms with van der Waals surface area (Å²) in [7, 11) is 0. The molecule has 2 aromatic carbocycles. The minimum Gasteiger partial charge on any atom is -0.265 e. The normalized spacial score (nSPS) is 20.4. The van der Waals surface area contributed by atoms with Crippen molar-refractivity contribution in [2.24, 2.45) is 11.0 Å². The number of amides is 1. The van der Waals surface area contributed by atoms with Gasteiger partial charge in [0, 0.05) is 12.5 Å². The summed E-state index contributed by atoms with van der Waals surface area (Å²) >= 11 is 0. The molecule has 2 aliphatic rings. The number of benzene rings is 2. The van der Waals surface area contributed by atoms with E-state index in [9.17, 15) is 14.9 Å². The van der Waals surface area contributed by atoms with Crippen molar-refractivity contribution in [2.45, 2.75) is 52.6 Å². The zero-order valence-corrected chi connectivity index (χ0v) is 20.7. The predicted molar refractivity (Wildman–Crippen MR) is 139 cm³/mol. The van der Waals surface area contributed by atoms with Crippen LogP contribution in [-0.4, -0.2) is 31.3 Å². The third-order valence-corrected chi connectivity index (χ3v) is 7.01. The van der Waals surface area contributed by atoms with Gasteiger partial charge in [-0.25, -0.2) is 5.01 Å². The number of hydrazone groups is 1. The molecule has 0 radical (unpaired) electrons. The smallest absolute Gasteiger partial charge is 0.265 e. The summed E-state index contributed by atoms with van der Waals surface area (Å²) in [6.45, 7) is 6.33. The van der Waals surface area contributed by atoms with Gasteiger partial charge in [-0.05, 0) is 62.8 Å². The van der Waals surface area contributed by atoms with Crippen LogP contribution in [0.2, 0.25) is 0 Å². The van der Waals surface area contributed by atoms with E-state index >= 15 is 0 Å². The Morgan fingerprint density at radius 2 is 1.78 bits per heavy atom. The van der Waals surface area contributed by atoms with Crippen molar-refractivity contribution < 1.29 is 9.72 Å². The molecule has 1 aliphatic carbocycles. The fraction of sp³-hybridized carbons (Fsp3) is 0.321. The zero-order chi connectivity index (χ0) is 25.4. The van der Waals surface area contributed by atoms with Crippen LogP contribution in [0.3, 0.4) is 0 Å². The third kappa shape index (κ3) is 4.34. The minimum absolute atomic E-state index is 0.00872. The van der Waals surface area contributed by atoms with Crippen LogP contribution < -0.4 is 0 Å². The molecule has 1 aromatic heterocycles. The van der Waals surface area contributed by atoms with Crippen LogP contribution in [0.5, 0.6) is 0 Å². The molecule has 0 saturated heterocycles. The first-order chi connectivity index (χ1) is 17.4. The zero-order valence-electron chi connectivity index (χ0n) is 20.7. The number of hydrogen-bond acceptors (Lipinski definition) is 5. The molecule has 3 aromatic rings.